The lowest BCUT2D eigenvalue weighted by Gasteiger charge is -2.16. The first-order valence-corrected chi connectivity index (χ1v) is 6.91. The molecule has 0 amide bonds. The summed E-state index contributed by atoms with van der Waals surface area (Å²) < 4.78 is 7.68. The minimum Gasteiger partial charge on any atom is -0.482 e. The van der Waals surface area contributed by atoms with Crippen molar-refractivity contribution in [3.63, 3.8) is 0 Å². The van der Waals surface area contributed by atoms with Crippen LogP contribution in [0, 0.1) is 6.92 Å². The molecule has 0 aliphatic rings. The average Bonchev–Trinajstić information content (AvgIpc) is 2.88. The first-order valence-electron chi connectivity index (χ1n) is 6.53. The lowest BCUT2D eigenvalue weighted by atomic mass is 10.2. The fourth-order valence-corrected chi connectivity index (χ4v) is 2.20. The molecule has 0 aliphatic heterocycles. The average molecular weight is 296 g/mol. The molecule has 1 unspecified atom stereocenters. The van der Waals surface area contributed by atoms with Crippen molar-refractivity contribution in [2.24, 2.45) is 0 Å². The third-order valence-electron chi connectivity index (χ3n) is 2.98. The summed E-state index contributed by atoms with van der Waals surface area (Å²) in [5, 5.41) is 13.7. The molecular formula is C14H18ClN3O2. The molecule has 1 aromatic carbocycles. The highest BCUT2D eigenvalue weighted by Crippen LogP contribution is 2.26. The Morgan fingerprint density at radius 3 is 2.95 bits per heavy atom. The van der Waals surface area contributed by atoms with Crippen LogP contribution in [0.2, 0.25) is 5.02 Å². The van der Waals surface area contributed by atoms with E-state index in [0.29, 0.717) is 18.0 Å². The predicted octanol–water partition coefficient (Wildman–Crippen LogP) is 2.76. The zero-order valence-corrected chi connectivity index (χ0v) is 12.3. The zero-order chi connectivity index (χ0) is 14.5. The number of aliphatic hydroxyl groups is 1. The molecule has 0 fully saturated rings. The van der Waals surface area contributed by atoms with Crippen LogP contribution in [0.3, 0.4) is 0 Å². The number of benzene rings is 1. The van der Waals surface area contributed by atoms with Gasteiger partial charge in [0.2, 0.25) is 0 Å². The van der Waals surface area contributed by atoms with Gasteiger partial charge in [-0.2, -0.15) is 5.10 Å². The number of rotatable bonds is 6. The number of ether oxygens (including phenoxy) is 1. The monoisotopic (exact) mass is 295 g/mol. The van der Waals surface area contributed by atoms with Gasteiger partial charge in [-0.15, -0.1) is 0 Å². The Balaban J connectivity index is 2.11. The fraction of sp³-hybridized carbons (Fsp3) is 0.429. The third kappa shape index (κ3) is 3.49. The zero-order valence-electron chi connectivity index (χ0n) is 11.6. The molecule has 2 aromatic rings. The van der Waals surface area contributed by atoms with Crippen LogP contribution in [0.1, 0.15) is 30.8 Å². The van der Waals surface area contributed by atoms with Crippen LogP contribution >= 0.6 is 11.6 Å². The first kappa shape index (κ1) is 14.8. The van der Waals surface area contributed by atoms with Gasteiger partial charge in [-0.25, -0.2) is 9.67 Å². The van der Waals surface area contributed by atoms with Crippen molar-refractivity contribution < 1.29 is 9.84 Å². The van der Waals surface area contributed by atoms with Gasteiger partial charge in [0.15, 0.2) is 11.9 Å². The molecule has 0 radical (unpaired) electrons. The quantitative estimate of drug-likeness (QED) is 0.890. The Morgan fingerprint density at radius 1 is 1.45 bits per heavy atom. The third-order valence-corrected chi connectivity index (χ3v) is 3.21. The van der Waals surface area contributed by atoms with Crippen molar-refractivity contribution in [2.45, 2.75) is 32.9 Å². The van der Waals surface area contributed by atoms with Gasteiger partial charge in [-0.1, -0.05) is 11.6 Å². The summed E-state index contributed by atoms with van der Waals surface area (Å²) in [5.74, 6) is 1.52. The van der Waals surface area contributed by atoms with Gasteiger partial charge in [0, 0.05) is 18.2 Å². The van der Waals surface area contributed by atoms with Crippen LogP contribution in [0.4, 0.5) is 0 Å². The van der Waals surface area contributed by atoms with E-state index in [1.165, 1.54) is 6.33 Å². The van der Waals surface area contributed by atoms with Crippen LogP contribution in [-0.2, 0) is 6.54 Å². The van der Waals surface area contributed by atoms with E-state index in [1.807, 2.05) is 26.0 Å². The van der Waals surface area contributed by atoms with Gasteiger partial charge >= 0.3 is 0 Å². The molecule has 1 heterocycles. The summed E-state index contributed by atoms with van der Waals surface area (Å²) in [6, 6.07) is 5.51. The van der Waals surface area contributed by atoms with E-state index in [9.17, 15) is 0 Å². The molecule has 1 aromatic heterocycles. The van der Waals surface area contributed by atoms with Gasteiger partial charge in [0.1, 0.15) is 12.1 Å². The smallest absolute Gasteiger partial charge is 0.167 e. The summed E-state index contributed by atoms with van der Waals surface area (Å²) in [5.41, 5.74) is 0.978. The van der Waals surface area contributed by atoms with E-state index >= 15 is 0 Å². The van der Waals surface area contributed by atoms with E-state index in [0.717, 1.165) is 17.1 Å². The highest BCUT2D eigenvalue weighted by Gasteiger charge is 2.15. The number of aliphatic hydroxyl groups excluding tert-OH is 1. The van der Waals surface area contributed by atoms with E-state index < -0.39 is 0 Å². The molecule has 0 saturated heterocycles. The molecule has 6 heteroatoms. The Hall–Kier alpha value is -1.59. The summed E-state index contributed by atoms with van der Waals surface area (Å²) in [6.07, 6.45) is 1.92. The lowest BCUT2D eigenvalue weighted by molar-refractivity contribution is 0.204. The lowest BCUT2D eigenvalue weighted by Crippen LogP contribution is -2.14. The molecule has 20 heavy (non-hydrogen) atoms. The number of halogens is 1. The SMILES string of the molecule is Cc1cc(Cl)ccc1OC(C)c1ncnn1CCCO. The Labute approximate surface area is 123 Å². The van der Waals surface area contributed by atoms with Crippen molar-refractivity contribution in [1.29, 1.82) is 0 Å². The van der Waals surface area contributed by atoms with Crippen LogP contribution in [-0.4, -0.2) is 26.5 Å². The topological polar surface area (TPSA) is 60.2 Å². The molecule has 1 atom stereocenters. The Kier molecular flexibility index (Phi) is 4.98. The molecule has 0 spiro atoms. The minimum atomic E-state index is -0.226. The number of aryl methyl sites for hydroxylation is 2. The largest absolute Gasteiger partial charge is 0.482 e. The number of hydrogen-bond donors (Lipinski definition) is 1. The summed E-state index contributed by atoms with van der Waals surface area (Å²) in [7, 11) is 0. The van der Waals surface area contributed by atoms with E-state index in [2.05, 4.69) is 10.1 Å². The second-order valence-corrected chi connectivity index (χ2v) is 5.02. The van der Waals surface area contributed by atoms with E-state index in [4.69, 9.17) is 21.4 Å². The van der Waals surface area contributed by atoms with Crippen molar-refractivity contribution in [2.75, 3.05) is 6.61 Å². The maximum atomic E-state index is 8.89. The number of hydrogen-bond acceptors (Lipinski definition) is 4. The van der Waals surface area contributed by atoms with E-state index in [-0.39, 0.29) is 12.7 Å². The summed E-state index contributed by atoms with van der Waals surface area (Å²) >= 11 is 5.93. The van der Waals surface area contributed by atoms with Gasteiger partial charge in [0.05, 0.1) is 0 Å². The number of nitrogens with zero attached hydrogens (tertiary/aromatic N) is 3. The van der Waals surface area contributed by atoms with Crippen LogP contribution in [0.5, 0.6) is 5.75 Å². The minimum absolute atomic E-state index is 0.130. The predicted molar refractivity (Wildman–Crippen MR) is 77.0 cm³/mol. The molecule has 1 N–H and O–H groups in total. The van der Waals surface area contributed by atoms with Gasteiger partial charge in [0.25, 0.3) is 0 Å². The molecule has 5 nitrogen and oxygen atoms in total. The van der Waals surface area contributed by atoms with Gasteiger partial charge < -0.3 is 9.84 Å². The maximum absolute atomic E-state index is 8.89. The van der Waals surface area contributed by atoms with Crippen molar-refractivity contribution in [3.8, 4) is 5.75 Å². The molecule has 0 aliphatic carbocycles. The summed E-state index contributed by atoms with van der Waals surface area (Å²) in [4.78, 5) is 4.23. The molecule has 0 bridgehead atoms. The second-order valence-electron chi connectivity index (χ2n) is 4.59. The van der Waals surface area contributed by atoms with Crippen LogP contribution in [0.25, 0.3) is 0 Å². The highest BCUT2D eigenvalue weighted by molar-refractivity contribution is 6.30. The van der Waals surface area contributed by atoms with Crippen LogP contribution < -0.4 is 4.74 Å². The van der Waals surface area contributed by atoms with Crippen LogP contribution in [0.15, 0.2) is 24.5 Å². The van der Waals surface area contributed by atoms with Crippen molar-refractivity contribution in [3.05, 3.63) is 40.9 Å². The Bertz CT molecular complexity index is 571. The number of aromatic nitrogens is 3. The standard InChI is InChI=1S/C14H18ClN3O2/c1-10-8-12(15)4-5-13(10)20-11(2)14-16-9-17-18(14)6-3-7-19/h4-5,8-9,11,19H,3,6-7H2,1-2H3. The first-order chi connectivity index (χ1) is 9.61. The summed E-state index contributed by atoms with van der Waals surface area (Å²) in [6.45, 7) is 4.63. The molecule has 2 rings (SSSR count). The van der Waals surface area contributed by atoms with Crippen molar-refractivity contribution >= 4 is 11.6 Å². The normalized spacial score (nSPS) is 12.4. The molecular weight excluding hydrogens is 278 g/mol. The maximum Gasteiger partial charge on any atom is 0.167 e. The Morgan fingerprint density at radius 2 is 2.25 bits per heavy atom. The van der Waals surface area contributed by atoms with Gasteiger partial charge in [-0.05, 0) is 44.0 Å². The molecule has 0 saturated carbocycles. The highest BCUT2D eigenvalue weighted by atomic mass is 35.5. The second kappa shape index (κ2) is 6.72. The fourth-order valence-electron chi connectivity index (χ4n) is 1.97. The molecule has 108 valence electrons. The van der Waals surface area contributed by atoms with E-state index in [1.54, 1.807) is 10.7 Å². The van der Waals surface area contributed by atoms with Gasteiger partial charge in [-0.3, -0.25) is 0 Å². The van der Waals surface area contributed by atoms with Crippen molar-refractivity contribution in [1.82, 2.24) is 14.8 Å².